The summed E-state index contributed by atoms with van der Waals surface area (Å²) in [6.45, 7) is 6.99. The van der Waals surface area contributed by atoms with Crippen LogP contribution in [0.15, 0.2) is 53.1 Å². The average Bonchev–Trinajstić information content (AvgIpc) is 3.43. The number of fused-ring (bicyclic) bond motifs is 5. The van der Waals surface area contributed by atoms with E-state index in [4.69, 9.17) is 18.7 Å². The lowest BCUT2D eigenvalue weighted by Gasteiger charge is -2.38. The zero-order chi connectivity index (χ0) is 28.8. The molecule has 1 fully saturated rings. The number of amides is 2. The Balaban J connectivity index is 1.33. The van der Waals surface area contributed by atoms with E-state index in [0.29, 0.717) is 61.9 Å². The van der Waals surface area contributed by atoms with Gasteiger partial charge in [0.05, 0.1) is 31.6 Å². The quantitative estimate of drug-likeness (QED) is 0.481. The maximum Gasteiger partial charge on any atom is 0.251 e. The van der Waals surface area contributed by atoms with Gasteiger partial charge in [-0.3, -0.25) is 14.5 Å². The molecule has 3 aromatic rings. The minimum absolute atomic E-state index is 0.0663. The van der Waals surface area contributed by atoms with Crippen molar-refractivity contribution in [1.82, 2.24) is 20.7 Å². The average molecular weight is 563 g/mol. The molecule has 2 aliphatic rings. The van der Waals surface area contributed by atoms with Crippen molar-refractivity contribution in [3.63, 3.8) is 0 Å². The number of carbonyl (C=O) groups excluding carboxylic acids is 2. The van der Waals surface area contributed by atoms with Gasteiger partial charge in [0.15, 0.2) is 0 Å². The molecule has 1 aromatic heterocycles. The van der Waals surface area contributed by atoms with Gasteiger partial charge < -0.3 is 29.4 Å². The maximum atomic E-state index is 13.0. The van der Waals surface area contributed by atoms with Gasteiger partial charge in [0.1, 0.15) is 23.0 Å². The molecule has 5 rings (SSSR count). The Bertz CT molecular complexity index is 1360. The summed E-state index contributed by atoms with van der Waals surface area (Å²) in [4.78, 5) is 28.1. The molecular weight excluding hydrogens is 524 g/mol. The first-order chi connectivity index (χ1) is 19.9. The largest absolute Gasteiger partial charge is 0.497 e. The third-order valence-corrected chi connectivity index (χ3v) is 7.35. The molecule has 10 nitrogen and oxygen atoms in total. The van der Waals surface area contributed by atoms with Gasteiger partial charge in [-0.1, -0.05) is 31.1 Å². The van der Waals surface area contributed by atoms with Crippen LogP contribution in [0.5, 0.6) is 17.2 Å². The fourth-order valence-electron chi connectivity index (χ4n) is 5.13. The normalized spacial score (nSPS) is 20.7. The van der Waals surface area contributed by atoms with E-state index >= 15 is 0 Å². The number of methoxy groups -OCH3 is 1. The number of nitrogens with one attached hydrogen (secondary N) is 2. The predicted octanol–water partition coefficient (Wildman–Crippen LogP) is 4.40. The molecule has 10 heteroatoms. The summed E-state index contributed by atoms with van der Waals surface area (Å²) < 4.78 is 23.4. The van der Waals surface area contributed by atoms with Crippen LogP contribution in [0.2, 0.25) is 0 Å². The van der Waals surface area contributed by atoms with E-state index in [-0.39, 0.29) is 29.9 Å². The standard InChI is InChI=1S/C31H38N4O6/c1-20(2)29-15-23(34-41-29)17-35-11-9-28-27(18-35)33-30(36)8-5-10-32-31(37)22-13-25(38-3)16-26(14-22)40-24-7-4-6-21(12-24)19-39-28/h4,6-7,12-16,20,27-28H,5,8-11,17-19H2,1-3H3,(H,32,37)(H,33,36)/t27-,28-/m0/s1. The first kappa shape index (κ1) is 28.6. The van der Waals surface area contributed by atoms with Crippen molar-refractivity contribution in [2.24, 2.45) is 0 Å². The Morgan fingerprint density at radius 1 is 1.12 bits per heavy atom. The first-order valence-electron chi connectivity index (χ1n) is 14.2. The van der Waals surface area contributed by atoms with Crippen LogP contribution in [0.4, 0.5) is 0 Å². The maximum absolute atomic E-state index is 13.0. The van der Waals surface area contributed by atoms with Crippen molar-refractivity contribution in [1.29, 1.82) is 0 Å². The summed E-state index contributed by atoms with van der Waals surface area (Å²) in [5, 5.41) is 10.3. The van der Waals surface area contributed by atoms with Crippen LogP contribution in [0, 0.1) is 0 Å². The molecule has 2 atom stereocenters. The third-order valence-electron chi connectivity index (χ3n) is 7.35. The Labute approximate surface area is 240 Å². The number of aromatic nitrogens is 1. The van der Waals surface area contributed by atoms with Crippen LogP contribution in [-0.4, -0.2) is 60.8 Å². The van der Waals surface area contributed by atoms with Crippen molar-refractivity contribution in [2.45, 2.75) is 64.3 Å². The van der Waals surface area contributed by atoms with E-state index in [2.05, 4.69) is 34.5 Å². The zero-order valence-electron chi connectivity index (χ0n) is 23.9. The topological polar surface area (TPSA) is 115 Å². The molecule has 0 unspecified atom stereocenters. The van der Waals surface area contributed by atoms with Crippen molar-refractivity contribution >= 4 is 11.8 Å². The highest BCUT2D eigenvalue weighted by Crippen LogP contribution is 2.29. The summed E-state index contributed by atoms with van der Waals surface area (Å²) in [6, 6.07) is 14.6. The van der Waals surface area contributed by atoms with Gasteiger partial charge in [-0.2, -0.15) is 0 Å². The summed E-state index contributed by atoms with van der Waals surface area (Å²) in [5.41, 5.74) is 2.25. The molecule has 0 saturated carbocycles. The molecule has 2 amide bonds. The van der Waals surface area contributed by atoms with Gasteiger partial charge in [-0.25, -0.2) is 0 Å². The van der Waals surface area contributed by atoms with E-state index in [1.165, 1.54) is 0 Å². The number of benzene rings is 2. The van der Waals surface area contributed by atoms with Crippen molar-refractivity contribution < 1.29 is 28.3 Å². The van der Waals surface area contributed by atoms with E-state index < -0.39 is 0 Å². The molecule has 218 valence electrons. The molecule has 2 aromatic carbocycles. The molecule has 41 heavy (non-hydrogen) atoms. The molecule has 0 spiro atoms. The highest BCUT2D eigenvalue weighted by molar-refractivity contribution is 5.95. The number of rotatable bonds is 4. The van der Waals surface area contributed by atoms with E-state index in [0.717, 1.165) is 30.0 Å². The van der Waals surface area contributed by atoms with E-state index in [1.807, 2.05) is 30.3 Å². The molecule has 0 aliphatic carbocycles. The van der Waals surface area contributed by atoms with Gasteiger partial charge in [0, 0.05) is 56.2 Å². The fourth-order valence-corrected chi connectivity index (χ4v) is 5.13. The Kier molecular flexibility index (Phi) is 9.21. The monoisotopic (exact) mass is 562 g/mol. The van der Waals surface area contributed by atoms with Crippen LogP contribution in [0.3, 0.4) is 0 Å². The predicted molar refractivity (Wildman–Crippen MR) is 152 cm³/mol. The second-order valence-corrected chi connectivity index (χ2v) is 10.9. The van der Waals surface area contributed by atoms with Crippen LogP contribution in [0.1, 0.15) is 66.4 Å². The Morgan fingerprint density at radius 2 is 2.00 bits per heavy atom. The number of likely N-dealkylation sites (tertiary alicyclic amines) is 1. The van der Waals surface area contributed by atoms with E-state index in [9.17, 15) is 9.59 Å². The number of hydrogen-bond acceptors (Lipinski definition) is 8. The molecular formula is C31H38N4O6. The highest BCUT2D eigenvalue weighted by Gasteiger charge is 2.32. The lowest BCUT2D eigenvalue weighted by molar-refractivity contribution is -0.124. The third kappa shape index (κ3) is 7.65. The SMILES string of the molecule is COc1cc2cc(c1)C(=O)NCCCC(=O)N[C@H]1CN(Cc3cc(C(C)C)on3)CC[C@@H]1OCc1cccc(c1)O2. The number of ether oxygens (including phenoxy) is 3. The minimum atomic E-state index is -0.256. The summed E-state index contributed by atoms with van der Waals surface area (Å²) in [7, 11) is 1.55. The lowest BCUT2D eigenvalue weighted by atomic mass is 10.0. The zero-order valence-corrected chi connectivity index (χ0v) is 23.9. The number of carbonyl (C=O) groups is 2. The first-order valence-corrected chi connectivity index (χ1v) is 14.2. The fraction of sp³-hybridized carbons (Fsp3) is 0.452. The minimum Gasteiger partial charge on any atom is -0.497 e. The number of hydrogen-bond donors (Lipinski definition) is 2. The molecule has 2 N–H and O–H groups in total. The number of piperidine rings is 1. The Morgan fingerprint density at radius 3 is 2.80 bits per heavy atom. The van der Waals surface area contributed by atoms with Gasteiger partial charge >= 0.3 is 0 Å². The molecule has 0 radical (unpaired) electrons. The van der Waals surface area contributed by atoms with Gasteiger partial charge in [-0.05, 0) is 42.7 Å². The van der Waals surface area contributed by atoms with Gasteiger partial charge in [-0.15, -0.1) is 0 Å². The second kappa shape index (κ2) is 13.2. The van der Waals surface area contributed by atoms with Crippen molar-refractivity contribution in [3.05, 3.63) is 71.1 Å². The van der Waals surface area contributed by atoms with Crippen LogP contribution < -0.4 is 20.1 Å². The smallest absolute Gasteiger partial charge is 0.251 e. The summed E-state index contributed by atoms with van der Waals surface area (Å²) in [6.07, 6.45) is 1.41. The molecule has 2 aliphatic heterocycles. The van der Waals surface area contributed by atoms with Gasteiger partial charge in [0.2, 0.25) is 5.91 Å². The number of nitrogens with zero attached hydrogens (tertiary/aromatic N) is 2. The van der Waals surface area contributed by atoms with Crippen molar-refractivity contribution in [2.75, 3.05) is 26.7 Å². The molecule has 3 heterocycles. The molecule has 4 bridgehead atoms. The van der Waals surface area contributed by atoms with E-state index in [1.54, 1.807) is 25.3 Å². The lowest BCUT2D eigenvalue weighted by Crippen LogP contribution is -2.55. The van der Waals surface area contributed by atoms with Crippen molar-refractivity contribution in [3.8, 4) is 17.2 Å². The second-order valence-electron chi connectivity index (χ2n) is 10.9. The van der Waals surface area contributed by atoms with Crippen LogP contribution in [0.25, 0.3) is 0 Å². The molecule has 1 saturated heterocycles. The van der Waals surface area contributed by atoms with Crippen LogP contribution in [-0.2, 0) is 22.7 Å². The summed E-state index contributed by atoms with van der Waals surface area (Å²) >= 11 is 0. The highest BCUT2D eigenvalue weighted by atomic mass is 16.5. The summed E-state index contributed by atoms with van der Waals surface area (Å²) in [5.74, 6) is 2.46. The van der Waals surface area contributed by atoms with Crippen LogP contribution >= 0.6 is 0 Å². The van der Waals surface area contributed by atoms with Gasteiger partial charge in [0.25, 0.3) is 5.91 Å². The Hall–Kier alpha value is -3.89.